The van der Waals surface area contributed by atoms with Crippen LogP contribution >= 0.6 is 0 Å². The van der Waals surface area contributed by atoms with Gasteiger partial charge in [-0.15, -0.1) is 0 Å². The number of ether oxygens (including phenoxy) is 1. The third kappa shape index (κ3) is 3.07. The van der Waals surface area contributed by atoms with Gasteiger partial charge in [0, 0.05) is 22.7 Å². The summed E-state index contributed by atoms with van der Waals surface area (Å²) in [7, 11) is 0. The van der Waals surface area contributed by atoms with E-state index in [4.69, 9.17) is 10.00 Å². The maximum absolute atomic E-state index is 11.9. The van der Waals surface area contributed by atoms with Crippen molar-refractivity contribution in [2.45, 2.75) is 26.4 Å². The minimum Gasteiger partial charge on any atom is -0.456 e. The largest absolute Gasteiger partial charge is 0.456 e. The van der Waals surface area contributed by atoms with Crippen LogP contribution in [0.1, 0.15) is 26.3 Å². The molecular weight excluding hydrogens is 252 g/mol. The summed E-state index contributed by atoms with van der Waals surface area (Å²) in [5, 5.41) is 10.1. The van der Waals surface area contributed by atoms with Crippen LogP contribution in [0.25, 0.3) is 17.0 Å². The van der Waals surface area contributed by atoms with Crippen LogP contribution in [0, 0.1) is 11.3 Å². The Morgan fingerprint density at radius 1 is 1.35 bits per heavy atom. The summed E-state index contributed by atoms with van der Waals surface area (Å²) in [5.74, 6) is -0.606. The fraction of sp³-hybridized carbons (Fsp3) is 0.250. The van der Waals surface area contributed by atoms with Gasteiger partial charge in [-0.05, 0) is 32.9 Å². The Balaban J connectivity index is 2.37. The molecule has 2 rings (SSSR count). The molecule has 4 heteroatoms. The van der Waals surface area contributed by atoms with E-state index < -0.39 is 11.6 Å². The molecule has 1 aromatic heterocycles. The first-order valence-corrected chi connectivity index (χ1v) is 6.32. The van der Waals surface area contributed by atoms with Gasteiger partial charge in [-0.3, -0.25) is 0 Å². The van der Waals surface area contributed by atoms with E-state index in [0.717, 1.165) is 16.5 Å². The molecule has 0 saturated heterocycles. The lowest BCUT2D eigenvalue weighted by atomic mass is 10.1. The monoisotopic (exact) mass is 268 g/mol. The van der Waals surface area contributed by atoms with Crippen molar-refractivity contribution < 1.29 is 9.53 Å². The number of para-hydroxylation sites is 1. The van der Waals surface area contributed by atoms with Crippen LogP contribution in [-0.4, -0.2) is 16.6 Å². The number of hydrogen-bond acceptors (Lipinski definition) is 3. The molecule has 0 saturated carbocycles. The summed E-state index contributed by atoms with van der Waals surface area (Å²) in [4.78, 5) is 15.0. The molecule has 2 aromatic rings. The summed E-state index contributed by atoms with van der Waals surface area (Å²) in [5.41, 5.74) is 1.13. The van der Waals surface area contributed by atoms with Gasteiger partial charge in [-0.25, -0.2) is 4.79 Å². The maximum atomic E-state index is 11.9. The number of rotatable bonds is 2. The second kappa shape index (κ2) is 5.22. The van der Waals surface area contributed by atoms with Crippen LogP contribution in [0.5, 0.6) is 0 Å². The number of nitrogens with zero attached hydrogens (tertiary/aromatic N) is 1. The van der Waals surface area contributed by atoms with Crippen molar-refractivity contribution in [3.05, 3.63) is 41.6 Å². The fourth-order valence-electron chi connectivity index (χ4n) is 1.84. The van der Waals surface area contributed by atoms with E-state index in [1.165, 1.54) is 0 Å². The van der Waals surface area contributed by atoms with Gasteiger partial charge in [-0.1, -0.05) is 18.2 Å². The van der Waals surface area contributed by atoms with E-state index in [-0.39, 0.29) is 5.57 Å². The highest BCUT2D eigenvalue weighted by Crippen LogP contribution is 2.21. The van der Waals surface area contributed by atoms with Crippen molar-refractivity contribution in [3.63, 3.8) is 0 Å². The number of esters is 1. The average Bonchev–Trinajstić information content (AvgIpc) is 2.77. The number of benzene rings is 1. The van der Waals surface area contributed by atoms with E-state index in [2.05, 4.69) is 4.98 Å². The van der Waals surface area contributed by atoms with Gasteiger partial charge < -0.3 is 9.72 Å². The minimum atomic E-state index is -0.618. The third-order valence-corrected chi connectivity index (χ3v) is 2.66. The lowest BCUT2D eigenvalue weighted by molar-refractivity contribution is -0.149. The Morgan fingerprint density at radius 3 is 2.70 bits per heavy atom. The maximum Gasteiger partial charge on any atom is 0.349 e. The molecule has 1 N–H and O–H groups in total. The van der Waals surface area contributed by atoms with Crippen molar-refractivity contribution >= 4 is 22.9 Å². The summed E-state index contributed by atoms with van der Waals surface area (Å²) in [6.45, 7) is 5.31. The van der Waals surface area contributed by atoms with Gasteiger partial charge >= 0.3 is 5.97 Å². The summed E-state index contributed by atoms with van der Waals surface area (Å²) in [6, 6.07) is 9.60. The molecule has 1 heterocycles. The van der Waals surface area contributed by atoms with Crippen molar-refractivity contribution in [1.82, 2.24) is 4.98 Å². The molecule has 20 heavy (non-hydrogen) atoms. The van der Waals surface area contributed by atoms with Crippen LogP contribution in [0.3, 0.4) is 0 Å². The average molecular weight is 268 g/mol. The van der Waals surface area contributed by atoms with Gasteiger partial charge in [0.25, 0.3) is 0 Å². The highest BCUT2D eigenvalue weighted by molar-refractivity contribution is 6.01. The number of H-pyrrole nitrogens is 1. The number of hydrogen-bond donors (Lipinski definition) is 1. The normalized spacial score (nSPS) is 12.2. The molecule has 1 aromatic carbocycles. The Bertz CT molecular complexity index is 712. The molecular formula is C16H16N2O2. The molecule has 102 valence electrons. The van der Waals surface area contributed by atoms with Crippen molar-refractivity contribution in [3.8, 4) is 6.07 Å². The number of aromatic amines is 1. The topological polar surface area (TPSA) is 65.9 Å². The Hall–Kier alpha value is -2.54. The Morgan fingerprint density at radius 2 is 2.05 bits per heavy atom. The summed E-state index contributed by atoms with van der Waals surface area (Å²) >= 11 is 0. The molecule has 0 amide bonds. The zero-order chi connectivity index (χ0) is 14.8. The van der Waals surface area contributed by atoms with E-state index in [1.807, 2.05) is 30.3 Å². The lowest BCUT2D eigenvalue weighted by Crippen LogP contribution is -2.24. The van der Waals surface area contributed by atoms with Crippen LogP contribution in [0.4, 0.5) is 0 Å². The highest BCUT2D eigenvalue weighted by atomic mass is 16.6. The van der Waals surface area contributed by atoms with Gasteiger partial charge in [0.2, 0.25) is 0 Å². The number of nitriles is 1. The summed E-state index contributed by atoms with van der Waals surface area (Å²) in [6.07, 6.45) is 3.32. The Labute approximate surface area is 117 Å². The van der Waals surface area contributed by atoms with E-state index in [1.54, 1.807) is 33.0 Å². The SMILES string of the molecule is CC(C)(C)OC(=O)/C(C#N)=C/c1c[nH]c2ccccc12. The molecule has 0 aliphatic rings. The summed E-state index contributed by atoms with van der Waals surface area (Å²) < 4.78 is 5.21. The molecule has 0 radical (unpaired) electrons. The van der Waals surface area contributed by atoms with Crippen LogP contribution < -0.4 is 0 Å². The second-order valence-corrected chi connectivity index (χ2v) is 5.46. The third-order valence-electron chi connectivity index (χ3n) is 2.66. The van der Waals surface area contributed by atoms with E-state index in [0.29, 0.717) is 0 Å². The first kappa shape index (κ1) is 13.9. The molecule has 0 spiro atoms. The minimum absolute atomic E-state index is 0.00956. The zero-order valence-electron chi connectivity index (χ0n) is 11.7. The zero-order valence-corrected chi connectivity index (χ0v) is 11.7. The molecule has 0 aliphatic heterocycles. The quantitative estimate of drug-likeness (QED) is 0.515. The molecule has 0 bridgehead atoms. The molecule has 0 fully saturated rings. The molecule has 4 nitrogen and oxygen atoms in total. The molecule has 0 aliphatic carbocycles. The predicted octanol–water partition coefficient (Wildman–Crippen LogP) is 3.42. The number of fused-ring (bicyclic) bond motifs is 1. The first-order valence-electron chi connectivity index (χ1n) is 6.32. The van der Waals surface area contributed by atoms with E-state index in [9.17, 15) is 4.79 Å². The van der Waals surface area contributed by atoms with Crippen molar-refractivity contribution in [2.75, 3.05) is 0 Å². The molecule has 0 unspecified atom stereocenters. The van der Waals surface area contributed by atoms with Gasteiger partial charge in [-0.2, -0.15) is 5.26 Å². The van der Waals surface area contributed by atoms with Gasteiger partial charge in [0.15, 0.2) is 0 Å². The highest BCUT2D eigenvalue weighted by Gasteiger charge is 2.20. The lowest BCUT2D eigenvalue weighted by Gasteiger charge is -2.18. The number of nitrogens with one attached hydrogen (secondary N) is 1. The second-order valence-electron chi connectivity index (χ2n) is 5.46. The standard InChI is InChI=1S/C16H16N2O2/c1-16(2,3)20-15(19)11(9-17)8-12-10-18-14-7-5-4-6-13(12)14/h4-8,10,18H,1-3H3/b11-8+. The molecule has 0 atom stereocenters. The number of carbonyl (C=O) groups excluding carboxylic acids is 1. The van der Waals surface area contributed by atoms with E-state index >= 15 is 0 Å². The fourth-order valence-corrected chi connectivity index (χ4v) is 1.84. The Kier molecular flexibility index (Phi) is 3.62. The smallest absolute Gasteiger partial charge is 0.349 e. The van der Waals surface area contributed by atoms with Gasteiger partial charge in [0.1, 0.15) is 17.2 Å². The first-order chi connectivity index (χ1) is 9.40. The van der Waals surface area contributed by atoms with Crippen molar-refractivity contribution in [1.29, 1.82) is 5.26 Å². The number of carbonyl (C=O) groups is 1. The predicted molar refractivity (Wildman–Crippen MR) is 77.7 cm³/mol. The van der Waals surface area contributed by atoms with Crippen LogP contribution in [0.15, 0.2) is 36.0 Å². The van der Waals surface area contributed by atoms with Gasteiger partial charge in [0.05, 0.1) is 0 Å². The number of aromatic nitrogens is 1. The van der Waals surface area contributed by atoms with Crippen molar-refractivity contribution in [2.24, 2.45) is 0 Å². The van der Waals surface area contributed by atoms with Crippen LogP contribution in [0.2, 0.25) is 0 Å². The van der Waals surface area contributed by atoms with Crippen LogP contribution in [-0.2, 0) is 9.53 Å².